The molecular weight excluding hydrogens is 574 g/mol. The standard InChI is InChI=1S/C34H31N5O4S/c1-2-31(26-11-8-17-35-24-26)44(42,43)38-21-19-37(20-22-38)28-15-13-27(14-16-28)36-34(41)33(40)32-30(25-9-4-3-5-10-25)23-29-12-6-7-18-39(29)32/h2-18,23-24,31H,1,19-22H2,(H,36,41). The Hall–Kier alpha value is -5.06. The van der Waals surface area contributed by atoms with Crippen molar-refractivity contribution >= 4 is 38.6 Å². The maximum Gasteiger partial charge on any atom is 0.298 e. The number of nitrogens with zero attached hydrogens (tertiary/aromatic N) is 4. The average Bonchev–Trinajstić information content (AvgIpc) is 3.46. The van der Waals surface area contributed by atoms with Crippen LogP contribution in [0, 0.1) is 0 Å². The maximum atomic E-state index is 13.5. The minimum Gasteiger partial charge on any atom is -0.369 e. The molecule has 5 aromatic rings. The first-order valence-corrected chi connectivity index (χ1v) is 15.7. The Kier molecular flexibility index (Phi) is 8.10. The number of amides is 1. The van der Waals surface area contributed by atoms with E-state index in [9.17, 15) is 18.0 Å². The van der Waals surface area contributed by atoms with Crippen LogP contribution in [0.1, 0.15) is 21.3 Å². The second-order valence-corrected chi connectivity index (χ2v) is 12.5. The van der Waals surface area contributed by atoms with E-state index in [0.29, 0.717) is 48.7 Å². The molecule has 1 aliphatic heterocycles. The number of piperazine rings is 1. The van der Waals surface area contributed by atoms with Gasteiger partial charge in [0.15, 0.2) is 0 Å². The van der Waals surface area contributed by atoms with Gasteiger partial charge in [0.05, 0.1) is 0 Å². The van der Waals surface area contributed by atoms with E-state index in [-0.39, 0.29) is 0 Å². The average molecular weight is 606 g/mol. The van der Waals surface area contributed by atoms with Crippen molar-refractivity contribution in [1.82, 2.24) is 13.7 Å². The number of rotatable bonds is 9. The topological polar surface area (TPSA) is 104 Å². The van der Waals surface area contributed by atoms with Crippen molar-refractivity contribution in [1.29, 1.82) is 0 Å². The summed E-state index contributed by atoms with van der Waals surface area (Å²) in [6.45, 7) is 5.41. The predicted molar refractivity (Wildman–Crippen MR) is 172 cm³/mol. The highest BCUT2D eigenvalue weighted by Gasteiger charge is 2.34. The number of pyridine rings is 2. The van der Waals surface area contributed by atoms with Crippen molar-refractivity contribution in [3.63, 3.8) is 0 Å². The van der Waals surface area contributed by atoms with Crippen molar-refractivity contribution in [3.05, 3.63) is 133 Å². The first kappa shape index (κ1) is 29.0. The van der Waals surface area contributed by atoms with Crippen LogP contribution < -0.4 is 10.2 Å². The molecule has 0 saturated carbocycles. The van der Waals surface area contributed by atoms with Crippen molar-refractivity contribution in [2.75, 3.05) is 36.4 Å². The fourth-order valence-corrected chi connectivity index (χ4v) is 7.30. The molecule has 2 aromatic carbocycles. The van der Waals surface area contributed by atoms with Gasteiger partial charge in [0.25, 0.3) is 11.7 Å². The predicted octanol–water partition coefficient (Wildman–Crippen LogP) is 5.20. The smallest absolute Gasteiger partial charge is 0.298 e. The summed E-state index contributed by atoms with van der Waals surface area (Å²) in [5.74, 6) is -1.37. The van der Waals surface area contributed by atoms with E-state index in [1.165, 1.54) is 10.4 Å². The number of benzene rings is 2. The second-order valence-electron chi connectivity index (χ2n) is 10.5. The Morgan fingerprint density at radius 2 is 1.61 bits per heavy atom. The van der Waals surface area contributed by atoms with Gasteiger partial charge in [-0.3, -0.25) is 14.6 Å². The number of anilines is 2. The van der Waals surface area contributed by atoms with E-state index < -0.39 is 27.0 Å². The van der Waals surface area contributed by atoms with Crippen molar-refractivity contribution < 1.29 is 18.0 Å². The third-order valence-corrected chi connectivity index (χ3v) is 10.0. The highest BCUT2D eigenvalue weighted by Crippen LogP contribution is 2.30. The summed E-state index contributed by atoms with van der Waals surface area (Å²) in [6.07, 6.45) is 6.38. The third kappa shape index (κ3) is 5.64. The number of nitrogens with one attached hydrogen (secondary N) is 1. The van der Waals surface area contributed by atoms with Crippen LogP contribution in [0.15, 0.2) is 122 Å². The summed E-state index contributed by atoms with van der Waals surface area (Å²) in [5, 5.41) is 1.88. The normalized spacial score (nSPS) is 14.7. The van der Waals surface area contributed by atoms with E-state index in [0.717, 1.165) is 16.8 Å². The van der Waals surface area contributed by atoms with Gasteiger partial charge >= 0.3 is 0 Å². The molecule has 6 rings (SSSR count). The summed E-state index contributed by atoms with van der Waals surface area (Å²) in [7, 11) is -3.65. The van der Waals surface area contributed by atoms with E-state index in [1.54, 1.807) is 47.3 Å². The van der Waals surface area contributed by atoms with Gasteiger partial charge in [-0.15, -0.1) is 6.58 Å². The highest BCUT2D eigenvalue weighted by atomic mass is 32.2. The number of carbonyl (C=O) groups excluding carboxylic acids is 2. The number of aromatic nitrogens is 2. The van der Waals surface area contributed by atoms with Crippen LogP contribution in [-0.2, 0) is 14.8 Å². The molecule has 0 radical (unpaired) electrons. The molecule has 10 heteroatoms. The van der Waals surface area contributed by atoms with E-state index in [4.69, 9.17) is 0 Å². The molecule has 1 N–H and O–H groups in total. The third-order valence-electron chi connectivity index (χ3n) is 7.82. The summed E-state index contributed by atoms with van der Waals surface area (Å²) in [4.78, 5) is 32.8. The van der Waals surface area contributed by atoms with Crippen LogP contribution in [0.2, 0.25) is 0 Å². The van der Waals surface area contributed by atoms with Crippen molar-refractivity contribution in [2.24, 2.45) is 0 Å². The van der Waals surface area contributed by atoms with E-state index in [1.807, 2.05) is 66.7 Å². The van der Waals surface area contributed by atoms with Gasteiger partial charge in [0, 0.05) is 67.2 Å². The molecule has 9 nitrogen and oxygen atoms in total. The Bertz CT molecular complexity index is 1920. The molecule has 1 aliphatic rings. The number of carbonyl (C=O) groups is 2. The zero-order chi connectivity index (χ0) is 30.7. The molecule has 3 aromatic heterocycles. The van der Waals surface area contributed by atoms with Gasteiger partial charge in [-0.1, -0.05) is 48.5 Å². The first-order chi connectivity index (χ1) is 21.4. The minimum absolute atomic E-state index is 0.302. The van der Waals surface area contributed by atoms with E-state index in [2.05, 4.69) is 21.8 Å². The van der Waals surface area contributed by atoms with Gasteiger partial charge in [0.2, 0.25) is 10.0 Å². The lowest BCUT2D eigenvalue weighted by atomic mass is 10.0. The second kappa shape index (κ2) is 12.3. The molecule has 1 atom stereocenters. The van der Waals surface area contributed by atoms with Crippen LogP contribution in [0.5, 0.6) is 0 Å². The minimum atomic E-state index is -3.65. The molecule has 1 fully saturated rings. The molecule has 0 bridgehead atoms. The Morgan fingerprint density at radius 1 is 0.886 bits per heavy atom. The molecule has 222 valence electrons. The van der Waals surface area contributed by atoms with Gasteiger partial charge in [-0.2, -0.15) is 4.31 Å². The number of Topliss-reactive ketones (excluding diaryl/α,β-unsaturated/α-hetero) is 1. The Morgan fingerprint density at radius 3 is 2.30 bits per heavy atom. The van der Waals surface area contributed by atoms with Crippen LogP contribution in [0.25, 0.3) is 16.6 Å². The van der Waals surface area contributed by atoms with Gasteiger partial charge in [-0.05, 0) is 59.7 Å². The number of hydrogen-bond acceptors (Lipinski definition) is 6. The Balaban J connectivity index is 1.12. The molecule has 44 heavy (non-hydrogen) atoms. The van der Waals surface area contributed by atoms with E-state index >= 15 is 0 Å². The monoisotopic (exact) mass is 605 g/mol. The fourth-order valence-electron chi connectivity index (χ4n) is 5.58. The SMILES string of the molecule is C=CC(c1cccnc1)S(=O)(=O)N1CCN(c2ccc(NC(=O)C(=O)c3c(-c4ccccc4)cc4ccccn34)cc2)CC1. The lowest BCUT2D eigenvalue weighted by molar-refractivity contribution is -0.112. The molecule has 4 heterocycles. The fraction of sp³-hybridized carbons (Fsp3) is 0.147. The quantitative estimate of drug-likeness (QED) is 0.141. The van der Waals surface area contributed by atoms with Crippen molar-refractivity contribution in [2.45, 2.75) is 5.25 Å². The molecular formula is C34H31N5O4S. The zero-order valence-corrected chi connectivity index (χ0v) is 24.7. The van der Waals surface area contributed by atoms with Crippen LogP contribution in [0.4, 0.5) is 11.4 Å². The van der Waals surface area contributed by atoms with Crippen molar-refractivity contribution in [3.8, 4) is 11.1 Å². The Labute approximate surface area is 256 Å². The maximum absolute atomic E-state index is 13.5. The summed E-state index contributed by atoms with van der Waals surface area (Å²) in [6, 6.07) is 27.7. The largest absolute Gasteiger partial charge is 0.369 e. The molecule has 1 unspecified atom stereocenters. The van der Waals surface area contributed by atoms with Crippen LogP contribution in [0.3, 0.4) is 0 Å². The number of hydrogen-bond donors (Lipinski definition) is 1. The van der Waals surface area contributed by atoms with Gasteiger partial charge in [0.1, 0.15) is 10.9 Å². The highest BCUT2D eigenvalue weighted by molar-refractivity contribution is 7.89. The number of fused-ring (bicyclic) bond motifs is 1. The lowest BCUT2D eigenvalue weighted by Crippen LogP contribution is -2.49. The molecule has 1 amide bonds. The summed E-state index contributed by atoms with van der Waals surface area (Å²) in [5.41, 5.74) is 4.62. The van der Waals surface area contributed by atoms with Gasteiger partial charge < -0.3 is 14.6 Å². The number of ketones is 1. The zero-order valence-electron chi connectivity index (χ0n) is 23.9. The van der Waals surface area contributed by atoms with Crippen LogP contribution in [-0.4, -0.2) is 60.0 Å². The summed E-state index contributed by atoms with van der Waals surface area (Å²) < 4.78 is 30.0. The number of sulfonamides is 1. The van der Waals surface area contributed by atoms with Gasteiger partial charge in [-0.25, -0.2) is 8.42 Å². The molecule has 0 spiro atoms. The molecule has 0 aliphatic carbocycles. The first-order valence-electron chi connectivity index (χ1n) is 14.2. The summed E-state index contributed by atoms with van der Waals surface area (Å²) >= 11 is 0. The van der Waals surface area contributed by atoms with Crippen LogP contribution >= 0.6 is 0 Å². The molecule has 1 saturated heterocycles. The lowest BCUT2D eigenvalue weighted by Gasteiger charge is -2.36.